The number of aryl methyl sites for hydroxylation is 2. The molecule has 0 aromatic heterocycles. The quantitative estimate of drug-likeness (QED) is 0.218. The molecule has 0 saturated carbocycles. The second kappa shape index (κ2) is 12.1. The van der Waals surface area contributed by atoms with Crippen molar-refractivity contribution < 1.29 is 17.1 Å². The van der Waals surface area contributed by atoms with Gasteiger partial charge in [-0.15, -0.1) is 29.3 Å². The first-order valence-electron chi connectivity index (χ1n) is 10.5. The van der Waals surface area contributed by atoms with E-state index in [1.165, 1.54) is 44.5 Å². The summed E-state index contributed by atoms with van der Waals surface area (Å²) in [5.74, 6) is 0. The van der Waals surface area contributed by atoms with Crippen LogP contribution in [0, 0.1) is 13.8 Å². The van der Waals surface area contributed by atoms with Gasteiger partial charge in [0.1, 0.15) is 0 Å². The van der Waals surface area contributed by atoms with Crippen LogP contribution < -0.4 is 0 Å². The molecule has 0 aliphatic rings. The van der Waals surface area contributed by atoms with Crippen molar-refractivity contribution in [2.24, 2.45) is 0 Å². The molecule has 0 amide bonds. The van der Waals surface area contributed by atoms with Crippen LogP contribution in [0.1, 0.15) is 47.2 Å². The molecule has 164 valence electrons. The standard InChI is InChI=1S/2C15H15.Fe/c2*1-12-7-9-14(10-8-12)11-13(2)15-5-3-4-6-15;/h2*3-11H,1-2H3;/q-5;-1;. The summed E-state index contributed by atoms with van der Waals surface area (Å²) in [6.45, 7) is 8.51. The van der Waals surface area contributed by atoms with Crippen molar-refractivity contribution in [2.75, 3.05) is 0 Å². The minimum atomic E-state index is 0. The van der Waals surface area contributed by atoms with Crippen molar-refractivity contribution in [3.8, 4) is 0 Å². The Balaban J connectivity index is 0.000000213. The third kappa shape index (κ3) is 7.72. The largest absolute Gasteiger partial charge is 0.684 e. The van der Waals surface area contributed by atoms with E-state index in [1.54, 1.807) is 0 Å². The van der Waals surface area contributed by atoms with E-state index >= 15 is 0 Å². The van der Waals surface area contributed by atoms with Crippen LogP contribution in [0.25, 0.3) is 23.3 Å². The molecule has 0 heterocycles. The van der Waals surface area contributed by atoms with E-state index in [1.807, 2.05) is 0 Å². The van der Waals surface area contributed by atoms with Gasteiger partial charge in [-0.2, -0.15) is 24.6 Å². The Hall–Kier alpha value is -2.86. The van der Waals surface area contributed by atoms with Gasteiger partial charge in [-0.25, -0.2) is 0 Å². The summed E-state index contributed by atoms with van der Waals surface area (Å²) < 4.78 is 0. The molecule has 4 rings (SSSR count). The Morgan fingerprint density at radius 3 is 1.55 bits per heavy atom. The van der Waals surface area contributed by atoms with E-state index in [9.17, 15) is 0 Å². The molecule has 0 aliphatic heterocycles. The van der Waals surface area contributed by atoms with Crippen molar-refractivity contribution >= 4 is 23.3 Å². The van der Waals surface area contributed by atoms with Crippen LogP contribution >= 0.6 is 0 Å². The molecule has 0 bridgehead atoms. The molecular weight excluding hydrogens is 416 g/mol. The van der Waals surface area contributed by atoms with Gasteiger partial charge in [-0.1, -0.05) is 72.1 Å². The molecule has 31 heavy (non-hydrogen) atoms. The Bertz CT molecular complexity index is 981. The van der Waals surface area contributed by atoms with E-state index in [-0.39, 0.29) is 17.1 Å². The van der Waals surface area contributed by atoms with Gasteiger partial charge in [-0.3, -0.25) is 0 Å². The maximum absolute atomic E-state index is 2.22. The predicted octanol–water partition coefficient (Wildman–Crippen LogP) is 8.55. The predicted molar refractivity (Wildman–Crippen MR) is 134 cm³/mol. The van der Waals surface area contributed by atoms with Gasteiger partial charge in [0.15, 0.2) is 0 Å². The van der Waals surface area contributed by atoms with E-state index in [0.29, 0.717) is 0 Å². The minimum absolute atomic E-state index is 0. The maximum atomic E-state index is 2.22. The van der Waals surface area contributed by atoms with Crippen LogP contribution in [-0.4, -0.2) is 0 Å². The summed E-state index contributed by atoms with van der Waals surface area (Å²) >= 11 is 0. The van der Waals surface area contributed by atoms with Crippen LogP contribution in [0.5, 0.6) is 0 Å². The van der Waals surface area contributed by atoms with Crippen molar-refractivity contribution in [3.05, 3.63) is 130 Å². The number of rotatable bonds is 4. The van der Waals surface area contributed by atoms with Gasteiger partial charge in [0.2, 0.25) is 0 Å². The van der Waals surface area contributed by atoms with Gasteiger partial charge in [0.25, 0.3) is 0 Å². The van der Waals surface area contributed by atoms with Gasteiger partial charge < -0.3 is 41.5 Å². The molecule has 0 N–H and O–H groups in total. The third-order valence-electron chi connectivity index (χ3n) is 5.16. The van der Waals surface area contributed by atoms with Crippen LogP contribution in [0.4, 0.5) is 0 Å². The summed E-state index contributed by atoms with van der Waals surface area (Å²) in [5, 5.41) is 0. The topological polar surface area (TPSA) is 0 Å². The molecule has 0 atom stereocenters. The van der Waals surface area contributed by atoms with Crippen LogP contribution in [-0.2, 0) is 17.1 Å². The van der Waals surface area contributed by atoms with E-state index in [2.05, 4.69) is 137 Å². The Kier molecular flexibility index (Phi) is 9.53. The van der Waals surface area contributed by atoms with Crippen LogP contribution in [0.15, 0.2) is 97.1 Å². The fourth-order valence-corrected chi connectivity index (χ4v) is 3.27. The zero-order valence-corrected chi connectivity index (χ0v) is 19.9. The van der Waals surface area contributed by atoms with Crippen LogP contribution in [0.3, 0.4) is 0 Å². The van der Waals surface area contributed by atoms with Gasteiger partial charge in [-0.05, 0) is 13.8 Å². The molecule has 0 spiro atoms. The second-order valence-corrected chi connectivity index (χ2v) is 7.82. The molecule has 0 saturated heterocycles. The summed E-state index contributed by atoms with van der Waals surface area (Å²) in [4.78, 5) is 0. The fraction of sp³-hybridized carbons (Fsp3) is 0.133. The van der Waals surface area contributed by atoms with E-state index in [0.717, 1.165) is 0 Å². The zero-order valence-electron chi connectivity index (χ0n) is 18.7. The molecule has 1 heteroatoms. The number of allylic oxidation sites excluding steroid dienone is 2. The number of hydrogen-bond donors (Lipinski definition) is 0. The Labute approximate surface area is 198 Å². The summed E-state index contributed by atoms with van der Waals surface area (Å²) in [6, 6.07) is 34.0. The number of hydrogen-bond acceptors (Lipinski definition) is 0. The Morgan fingerprint density at radius 2 is 1.10 bits per heavy atom. The molecular formula is C30H30Fe-6. The van der Waals surface area contributed by atoms with Crippen molar-refractivity contribution in [3.63, 3.8) is 0 Å². The maximum Gasteiger partial charge on any atom is 0 e. The smallest absolute Gasteiger partial charge is 0 e. The normalized spacial score (nSPS) is 11.4. The monoisotopic (exact) mass is 446 g/mol. The first-order valence-corrected chi connectivity index (χ1v) is 10.5. The molecule has 0 unspecified atom stereocenters. The number of benzene rings is 2. The SMILES string of the molecule is CC(=Cc1ccc(C)cc1)[c-]1[cH-][cH-][cH-][cH-]1.CC(=Cc1ccc(C)cc1)[c-]1cccc1.[Fe]. The first-order chi connectivity index (χ1) is 14.5. The molecule has 0 nitrogen and oxygen atoms in total. The molecule has 0 radical (unpaired) electrons. The van der Waals surface area contributed by atoms with Crippen LogP contribution in [0.2, 0.25) is 0 Å². The summed E-state index contributed by atoms with van der Waals surface area (Å²) in [5.41, 5.74) is 10.4. The Morgan fingerprint density at radius 1 is 0.677 bits per heavy atom. The third-order valence-corrected chi connectivity index (χ3v) is 5.16. The minimum Gasteiger partial charge on any atom is -0.684 e. The van der Waals surface area contributed by atoms with E-state index < -0.39 is 0 Å². The van der Waals surface area contributed by atoms with Gasteiger partial charge in [0, 0.05) is 17.1 Å². The molecule has 4 aromatic rings. The molecule has 0 fully saturated rings. The fourth-order valence-electron chi connectivity index (χ4n) is 3.27. The average molecular weight is 446 g/mol. The van der Waals surface area contributed by atoms with Crippen molar-refractivity contribution in [1.82, 2.24) is 0 Å². The van der Waals surface area contributed by atoms with Gasteiger partial charge in [0.05, 0.1) is 0 Å². The second-order valence-electron chi connectivity index (χ2n) is 7.82. The van der Waals surface area contributed by atoms with Crippen molar-refractivity contribution in [2.45, 2.75) is 27.7 Å². The average Bonchev–Trinajstić information content (AvgIpc) is 3.46. The van der Waals surface area contributed by atoms with Gasteiger partial charge >= 0.3 is 0 Å². The molecule has 4 aromatic carbocycles. The van der Waals surface area contributed by atoms with E-state index in [4.69, 9.17) is 0 Å². The summed E-state index contributed by atoms with van der Waals surface area (Å²) in [6.07, 6.45) is 4.43. The molecule has 0 aliphatic carbocycles. The zero-order chi connectivity index (χ0) is 21.3. The first kappa shape index (κ1) is 24.4. The summed E-state index contributed by atoms with van der Waals surface area (Å²) in [7, 11) is 0. The van der Waals surface area contributed by atoms with Crippen molar-refractivity contribution in [1.29, 1.82) is 0 Å².